The Morgan fingerprint density at radius 1 is 0.268 bits per heavy atom. The van der Waals surface area contributed by atoms with Gasteiger partial charge < -0.3 is 18.6 Å². The first kappa shape index (κ1) is 48.5. The molecule has 0 radical (unpaired) electrons. The van der Waals surface area contributed by atoms with Gasteiger partial charge in [-0.2, -0.15) is 0 Å². The molecule has 2 fully saturated rings. The van der Waals surface area contributed by atoms with E-state index < -0.39 is 0 Å². The van der Waals surface area contributed by atoms with Crippen molar-refractivity contribution in [2.24, 2.45) is 0 Å². The Kier molecular flexibility index (Phi) is 12.0. The van der Waals surface area contributed by atoms with Crippen molar-refractivity contribution in [2.75, 3.05) is 9.80 Å². The number of anilines is 6. The molecule has 2 aliphatic carbocycles. The molecule has 396 valence electrons. The Morgan fingerprint density at radius 2 is 0.659 bits per heavy atom. The normalized spacial score (nSPS) is 14.5. The van der Waals surface area contributed by atoms with Crippen LogP contribution in [-0.2, 0) is 0 Å². The van der Waals surface area contributed by atoms with Crippen LogP contribution < -0.4 is 9.80 Å². The maximum Gasteiger partial charge on any atom is 0.143 e. The number of benzene rings is 12. The lowest BCUT2D eigenvalue weighted by molar-refractivity contribution is 0.444. The van der Waals surface area contributed by atoms with Gasteiger partial charge in [0.15, 0.2) is 0 Å². The van der Waals surface area contributed by atoms with Gasteiger partial charge in [-0.05, 0) is 166 Å². The van der Waals surface area contributed by atoms with E-state index in [2.05, 4.69) is 252 Å². The van der Waals surface area contributed by atoms with Gasteiger partial charge in [0.1, 0.15) is 22.3 Å². The Labute approximate surface area is 478 Å². The van der Waals surface area contributed by atoms with E-state index in [0.717, 1.165) is 88.9 Å². The number of fused-ring (bicyclic) bond motifs is 11. The lowest BCUT2D eigenvalue weighted by Gasteiger charge is -2.31. The topological polar surface area (TPSA) is 32.8 Å². The predicted octanol–water partition coefficient (Wildman–Crippen LogP) is 23.3. The number of furan rings is 2. The summed E-state index contributed by atoms with van der Waals surface area (Å²) < 4.78 is 13.4. The molecule has 14 aromatic rings. The van der Waals surface area contributed by atoms with Crippen molar-refractivity contribution < 1.29 is 8.83 Å². The molecule has 12 aromatic carbocycles. The molecule has 16 rings (SSSR count). The minimum atomic E-state index is 0.524. The van der Waals surface area contributed by atoms with Crippen molar-refractivity contribution in [1.29, 1.82) is 0 Å². The van der Waals surface area contributed by atoms with Crippen LogP contribution in [0.4, 0.5) is 34.1 Å². The number of para-hydroxylation sites is 6. The van der Waals surface area contributed by atoms with Crippen molar-refractivity contribution in [1.82, 2.24) is 0 Å². The minimum Gasteiger partial charge on any atom is -0.455 e. The zero-order valence-electron chi connectivity index (χ0n) is 46.0. The van der Waals surface area contributed by atoms with Crippen molar-refractivity contribution in [3.63, 3.8) is 0 Å². The lowest BCUT2D eigenvalue weighted by Crippen LogP contribution is -2.12. The van der Waals surface area contributed by atoms with Crippen LogP contribution in [0.5, 0.6) is 0 Å². The molecule has 0 atom stereocenters. The fourth-order valence-corrected chi connectivity index (χ4v) is 14.4. The average Bonchev–Trinajstić information content (AvgIpc) is 4.25. The van der Waals surface area contributed by atoms with Gasteiger partial charge in [-0.3, -0.25) is 0 Å². The van der Waals surface area contributed by atoms with Gasteiger partial charge in [0.2, 0.25) is 0 Å². The van der Waals surface area contributed by atoms with Crippen LogP contribution in [0.3, 0.4) is 0 Å². The molecule has 0 amide bonds. The molecule has 2 aromatic heterocycles. The van der Waals surface area contributed by atoms with Crippen LogP contribution in [-0.4, -0.2) is 0 Å². The molecule has 2 heterocycles. The molecule has 0 saturated heterocycles. The molecule has 4 nitrogen and oxygen atoms in total. The fourth-order valence-electron chi connectivity index (χ4n) is 14.4. The number of nitrogens with zero attached hydrogens (tertiary/aromatic N) is 2. The van der Waals surface area contributed by atoms with E-state index in [1.165, 1.54) is 119 Å². The quantitative estimate of drug-likeness (QED) is 0.128. The van der Waals surface area contributed by atoms with Crippen LogP contribution in [0.15, 0.2) is 251 Å². The maximum atomic E-state index is 6.69. The molecule has 0 spiro atoms. The molecule has 0 bridgehead atoms. The Balaban J connectivity index is 0.955. The average molecular weight is 1060 g/mol. The van der Waals surface area contributed by atoms with Crippen molar-refractivity contribution in [2.45, 2.75) is 76.0 Å². The van der Waals surface area contributed by atoms with E-state index in [1.54, 1.807) is 0 Å². The lowest BCUT2D eigenvalue weighted by atomic mass is 9.82. The van der Waals surface area contributed by atoms with Crippen LogP contribution in [0.25, 0.3) is 98.4 Å². The zero-order chi connectivity index (χ0) is 54.1. The van der Waals surface area contributed by atoms with E-state index in [4.69, 9.17) is 8.83 Å². The van der Waals surface area contributed by atoms with E-state index in [1.807, 2.05) is 0 Å². The fraction of sp³-hybridized carbons (Fsp3) is 0.154. The van der Waals surface area contributed by atoms with Crippen molar-refractivity contribution in [3.8, 4) is 22.3 Å². The second kappa shape index (κ2) is 20.3. The number of hydrogen-bond donors (Lipinski definition) is 0. The molecule has 2 saturated carbocycles. The summed E-state index contributed by atoms with van der Waals surface area (Å²) in [6.07, 6.45) is 12.6. The highest BCUT2D eigenvalue weighted by molar-refractivity contribution is 6.25. The molecule has 4 heteroatoms. The van der Waals surface area contributed by atoms with Crippen molar-refractivity contribution >= 4 is 110 Å². The molecule has 82 heavy (non-hydrogen) atoms. The van der Waals surface area contributed by atoms with Crippen LogP contribution in [0.1, 0.15) is 87.2 Å². The molecule has 0 aliphatic heterocycles. The Hall–Kier alpha value is -9.38. The van der Waals surface area contributed by atoms with Gasteiger partial charge in [-0.25, -0.2) is 0 Å². The van der Waals surface area contributed by atoms with E-state index in [9.17, 15) is 0 Å². The Morgan fingerprint density at radius 3 is 1.11 bits per heavy atom. The van der Waals surface area contributed by atoms with Crippen LogP contribution >= 0.6 is 0 Å². The predicted molar refractivity (Wildman–Crippen MR) is 345 cm³/mol. The van der Waals surface area contributed by atoms with Gasteiger partial charge in [-0.15, -0.1) is 0 Å². The first-order valence-electron chi connectivity index (χ1n) is 29.9. The molecule has 0 unspecified atom stereocenters. The zero-order valence-corrected chi connectivity index (χ0v) is 46.0. The van der Waals surface area contributed by atoms with E-state index in [0.29, 0.717) is 11.8 Å². The first-order valence-corrected chi connectivity index (χ1v) is 29.9. The highest BCUT2D eigenvalue weighted by Gasteiger charge is 2.27. The van der Waals surface area contributed by atoms with Gasteiger partial charge in [0, 0.05) is 66.2 Å². The van der Waals surface area contributed by atoms with E-state index in [-0.39, 0.29) is 0 Å². The first-order chi connectivity index (χ1) is 40.7. The second-order valence-corrected chi connectivity index (χ2v) is 23.2. The standard InChI is InChI=1S/C78H62N2O2/c1-5-21-51(22-6-1)53-41-43-63-69-50-74(80(58-29-11-4-12-30-58)60-32-18-26-56(46-60)62-36-20-38-68-66-34-14-16-40-76(66)82-78(62)68)72-48-54(52-23-7-2-8-24-52)42-44-64(72)70(69)49-73(71(63)47-53)79(57-27-9-3-10-28-57)59-31-17-25-55(45-59)61-35-19-37-67-65-33-13-15-39-75(65)81-77(61)67/h3-4,9-20,25-52H,1-2,5-8,21-24H2. The summed E-state index contributed by atoms with van der Waals surface area (Å²) in [7, 11) is 0. The summed E-state index contributed by atoms with van der Waals surface area (Å²) in [4.78, 5) is 5.05. The maximum absolute atomic E-state index is 6.69. The highest BCUT2D eigenvalue weighted by Crippen LogP contribution is 2.51. The molecule has 2 aliphatic rings. The van der Waals surface area contributed by atoms with Gasteiger partial charge in [-0.1, -0.05) is 196 Å². The SMILES string of the molecule is c1ccc(N(c2cccc(-c3cccc4c3oc3ccccc34)c2)c2cc3c4ccc(C5CCCCC5)cc4c(N(c4ccccc4)c4cccc(-c5cccc6c5oc5ccccc56)c4)cc3c3ccc(C4CCCCC4)cc23)cc1. The highest BCUT2D eigenvalue weighted by atomic mass is 16.3. The monoisotopic (exact) mass is 1060 g/mol. The van der Waals surface area contributed by atoms with Gasteiger partial charge in [0.05, 0.1) is 11.4 Å². The summed E-state index contributed by atoms with van der Waals surface area (Å²) in [5, 5.41) is 12.0. The number of rotatable bonds is 10. The van der Waals surface area contributed by atoms with Crippen LogP contribution in [0, 0.1) is 0 Å². The summed E-state index contributed by atoms with van der Waals surface area (Å²) in [6.45, 7) is 0. The second-order valence-electron chi connectivity index (χ2n) is 23.2. The smallest absolute Gasteiger partial charge is 0.143 e. The third-order valence-electron chi connectivity index (χ3n) is 18.4. The van der Waals surface area contributed by atoms with Crippen LogP contribution in [0.2, 0.25) is 0 Å². The largest absolute Gasteiger partial charge is 0.455 e. The summed E-state index contributed by atoms with van der Waals surface area (Å²) >= 11 is 0. The van der Waals surface area contributed by atoms with E-state index >= 15 is 0 Å². The van der Waals surface area contributed by atoms with Gasteiger partial charge in [0.25, 0.3) is 0 Å². The molecule has 0 N–H and O–H groups in total. The summed E-state index contributed by atoms with van der Waals surface area (Å²) in [6, 6.07) is 90.3. The summed E-state index contributed by atoms with van der Waals surface area (Å²) in [5.74, 6) is 1.05. The Bertz CT molecular complexity index is 4430. The third-order valence-corrected chi connectivity index (χ3v) is 18.4. The third kappa shape index (κ3) is 8.34. The molecular weight excluding hydrogens is 997 g/mol. The minimum absolute atomic E-state index is 0.524. The van der Waals surface area contributed by atoms with Crippen molar-refractivity contribution in [3.05, 3.63) is 254 Å². The van der Waals surface area contributed by atoms with Gasteiger partial charge >= 0.3 is 0 Å². The number of hydrogen-bond acceptors (Lipinski definition) is 4. The summed E-state index contributed by atoms with van der Waals surface area (Å²) in [5.41, 5.74) is 17.6. The molecular formula is C78H62N2O2.